The van der Waals surface area contributed by atoms with E-state index >= 15 is 0 Å². The Balaban J connectivity index is 2.15. The summed E-state index contributed by atoms with van der Waals surface area (Å²) >= 11 is 6.01. The van der Waals surface area contributed by atoms with Crippen molar-refractivity contribution in [2.75, 3.05) is 7.11 Å². The van der Waals surface area contributed by atoms with Crippen molar-refractivity contribution in [3.8, 4) is 0 Å². The summed E-state index contributed by atoms with van der Waals surface area (Å²) < 4.78 is 4.87. The fourth-order valence-electron chi connectivity index (χ4n) is 2.64. The van der Waals surface area contributed by atoms with Gasteiger partial charge in [0, 0.05) is 11.1 Å². The minimum atomic E-state index is -0.267. The molecule has 104 valence electrons. The molecule has 2 atom stereocenters. The van der Waals surface area contributed by atoms with E-state index < -0.39 is 0 Å². The zero-order chi connectivity index (χ0) is 14.0. The standard InChI is InChI=1S/C15H20ClNO2/c1-9(2)14(15(18)19-3)17-13-7-4-10-8-11(16)5-6-12(10)13/h5-6,8-9,13-14,17H,4,7H2,1-3H3/t13?,14-/m0/s1. The SMILES string of the molecule is COC(=O)[C@@H](NC1CCc2cc(Cl)ccc21)C(C)C. The van der Waals surface area contributed by atoms with Crippen LogP contribution in [0.5, 0.6) is 0 Å². The van der Waals surface area contributed by atoms with Crippen LogP contribution in [0.2, 0.25) is 5.02 Å². The number of carbonyl (C=O) groups is 1. The Hall–Kier alpha value is -1.06. The van der Waals surface area contributed by atoms with E-state index in [9.17, 15) is 4.79 Å². The number of rotatable bonds is 4. The average molecular weight is 282 g/mol. The Morgan fingerprint density at radius 1 is 1.47 bits per heavy atom. The molecule has 0 fully saturated rings. The van der Waals surface area contributed by atoms with Crippen LogP contribution in [0.4, 0.5) is 0 Å². The lowest BCUT2D eigenvalue weighted by Gasteiger charge is -2.24. The Kier molecular flexibility index (Phi) is 4.48. The minimum Gasteiger partial charge on any atom is -0.468 e. The van der Waals surface area contributed by atoms with Gasteiger partial charge in [-0.2, -0.15) is 0 Å². The number of hydrogen-bond donors (Lipinski definition) is 1. The molecule has 0 bridgehead atoms. The van der Waals surface area contributed by atoms with Gasteiger partial charge in [-0.1, -0.05) is 31.5 Å². The Labute approximate surface area is 119 Å². The van der Waals surface area contributed by atoms with Crippen LogP contribution in [0.3, 0.4) is 0 Å². The summed E-state index contributed by atoms with van der Waals surface area (Å²) in [6, 6.07) is 5.91. The van der Waals surface area contributed by atoms with Crippen molar-refractivity contribution in [3.05, 3.63) is 34.3 Å². The second-order valence-corrected chi connectivity index (χ2v) is 5.78. The van der Waals surface area contributed by atoms with Crippen LogP contribution in [0.1, 0.15) is 37.4 Å². The van der Waals surface area contributed by atoms with Crippen LogP contribution in [0, 0.1) is 5.92 Å². The molecular weight excluding hydrogens is 262 g/mol. The predicted molar refractivity (Wildman–Crippen MR) is 76.3 cm³/mol. The quantitative estimate of drug-likeness (QED) is 0.862. The minimum absolute atomic E-state index is 0.197. The first-order chi connectivity index (χ1) is 9.02. The van der Waals surface area contributed by atoms with E-state index in [4.69, 9.17) is 16.3 Å². The average Bonchev–Trinajstić information content (AvgIpc) is 2.76. The summed E-state index contributed by atoms with van der Waals surface area (Å²) in [4.78, 5) is 11.8. The predicted octanol–water partition coefficient (Wildman–Crippen LogP) is 3.11. The summed E-state index contributed by atoms with van der Waals surface area (Å²) in [6.45, 7) is 4.04. The molecule has 1 aliphatic carbocycles. The van der Waals surface area contributed by atoms with Gasteiger partial charge in [-0.15, -0.1) is 0 Å². The number of benzene rings is 1. The molecule has 0 spiro atoms. The van der Waals surface area contributed by atoms with Crippen molar-refractivity contribution >= 4 is 17.6 Å². The first kappa shape index (κ1) is 14.4. The molecule has 1 unspecified atom stereocenters. The van der Waals surface area contributed by atoms with E-state index in [0.29, 0.717) is 0 Å². The number of esters is 1. The molecule has 0 aromatic heterocycles. The monoisotopic (exact) mass is 281 g/mol. The van der Waals surface area contributed by atoms with Gasteiger partial charge >= 0.3 is 5.97 Å². The lowest BCUT2D eigenvalue weighted by molar-refractivity contribution is -0.144. The number of ether oxygens (including phenoxy) is 1. The molecular formula is C15H20ClNO2. The lowest BCUT2D eigenvalue weighted by atomic mass is 10.0. The highest BCUT2D eigenvalue weighted by atomic mass is 35.5. The number of fused-ring (bicyclic) bond motifs is 1. The van der Waals surface area contributed by atoms with Gasteiger partial charge in [-0.3, -0.25) is 10.1 Å². The zero-order valence-corrected chi connectivity index (χ0v) is 12.3. The fourth-order valence-corrected chi connectivity index (χ4v) is 2.83. The molecule has 1 aromatic rings. The number of carbonyl (C=O) groups excluding carboxylic acids is 1. The molecule has 0 radical (unpaired) electrons. The highest BCUT2D eigenvalue weighted by Gasteiger charge is 2.30. The van der Waals surface area contributed by atoms with E-state index in [1.807, 2.05) is 26.0 Å². The van der Waals surface area contributed by atoms with Crippen LogP contribution in [-0.4, -0.2) is 19.1 Å². The molecule has 3 nitrogen and oxygen atoms in total. The van der Waals surface area contributed by atoms with Gasteiger partial charge in [-0.05, 0) is 42.0 Å². The van der Waals surface area contributed by atoms with Crippen molar-refractivity contribution in [1.82, 2.24) is 5.32 Å². The number of aryl methyl sites for hydroxylation is 1. The van der Waals surface area contributed by atoms with Crippen molar-refractivity contribution in [2.45, 2.75) is 38.8 Å². The second-order valence-electron chi connectivity index (χ2n) is 5.35. The summed E-state index contributed by atoms with van der Waals surface area (Å²) in [5.74, 6) is 0.00112. The van der Waals surface area contributed by atoms with Crippen LogP contribution in [0.15, 0.2) is 18.2 Å². The largest absolute Gasteiger partial charge is 0.468 e. The van der Waals surface area contributed by atoms with E-state index in [1.54, 1.807) is 0 Å². The van der Waals surface area contributed by atoms with Crippen LogP contribution < -0.4 is 5.32 Å². The second kappa shape index (κ2) is 5.93. The summed E-state index contributed by atoms with van der Waals surface area (Å²) in [5.41, 5.74) is 2.52. The highest BCUT2D eigenvalue weighted by Crippen LogP contribution is 2.33. The summed E-state index contributed by atoms with van der Waals surface area (Å²) in [5, 5.41) is 4.20. The molecule has 0 heterocycles. The first-order valence-corrected chi connectivity index (χ1v) is 7.03. The molecule has 1 N–H and O–H groups in total. The van der Waals surface area contributed by atoms with Gasteiger partial charge in [0.1, 0.15) is 6.04 Å². The molecule has 0 amide bonds. The zero-order valence-electron chi connectivity index (χ0n) is 11.6. The molecule has 4 heteroatoms. The smallest absolute Gasteiger partial charge is 0.323 e. The molecule has 1 aromatic carbocycles. The fraction of sp³-hybridized carbons (Fsp3) is 0.533. The number of nitrogens with one attached hydrogen (secondary N) is 1. The maximum Gasteiger partial charge on any atom is 0.323 e. The lowest BCUT2D eigenvalue weighted by Crippen LogP contribution is -2.43. The number of hydrogen-bond acceptors (Lipinski definition) is 3. The maximum atomic E-state index is 11.8. The third kappa shape index (κ3) is 3.10. The molecule has 19 heavy (non-hydrogen) atoms. The van der Waals surface area contributed by atoms with Crippen molar-refractivity contribution in [2.24, 2.45) is 5.92 Å². The Bertz CT molecular complexity index is 473. The highest BCUT2D eigenvalue weighted by molar-refractivity contribution is 6.30. The normalized spacial score (nSPS) is 19.3. The van der Waals surface area contributed by atoms with Crippen LogP contribution in [0.25, 0.3) is 0 Å². The van der Waals surface area contributed by atoms with Gasteiger partial charge < -0.3 is 4.74 Å². The van der Waals surface area contributed by atoms with Crippen LogP contribution in [-0.2, 0) is 16.0 Å². The van der Waals surface area contributed by atoms with E-state index in [2.05, 4.69) is 11.4 Å². The van der Waals surface area contributed by atoms with Gasteiger partial charge in [0.15, 0.2) is 0 Å². The Morgan fingerprint density at radius 2 is 2.21 bits per heavy atom. The maximum absolute atomic E-state index is 11.8. The Morgan fingerprint density at radius 3 is 2.84 bits per heavy atom. The molecule has 2 rings (SSSR count). The third-order valence-electron chi connectivity index (χ3n) is 3.69. The molecule has 0 saturated carbocycles. The first-order valence-electron chi connectivity index (χ1n) is 6.65. The number of methoxy groups -OCH3 is 1. The summed E-state index contributed by atoms with van der Waals surface area (Å²) in [6.07, 6.45) is 2.00. The topological polar surface area (TPSA) is 38.3 Å². The van der Waals surface area contributed by atoms with E-state index in [-0.39, 0.29) is 24.0 Å². The molecule has 0 saturated heterocycles. The van der Waals surface area contributed by atoms with Gasteiger partial charge in [0.2, 0.25) is 0 Å². The summed E-state index contributed by atoms with van der Waals surface area (Å²) in [7, 11) is 1.43. The third-order valence-corrected chi connectivity index (χ3v) is 3.92. The number of halogens is 1. The van der Waals surface area contributed by atoms with E-state index in [0.717, 1.165) is 17.9 Å². The van der Waals surface area contributed by atoms with E-state index in [1.165, 1.54) is 18.2 Å². The van der Waals surface area contributed by atoms with Gasteiger partial charge in [0.05, 0.1) is 7.11 Å². The molecule has 1 aliphatic rings. The molecule has 0 aliphatic heterocycles. The van der Waals surface area contributed by atoms with Gasteiger partial charge in [0.25, 0.3) is 0 Å². The van der Waals surface area contributed by atoms with Crippen molar-refractivity contribution in [1.29, 1.82) is 0 Å². The van der Waals surface area contributed by atoms with Crippen molar-refractivity contribution in [3.63, 3.8) is 0 Å². The van der Waals surface area contributed by atoms with Crippen molar-refractivity contribution < 1.29 is 9.53 Å². The van der Waals surface area contributed by atoms with Crippen LogP contribution >= 0.6 is 11.6 Å². The van der Waals surface area contributed by atoms with Gasteiger partial charge in [-0.25, -0.2) is 0 Å².